The Hall–Kier alpha value is -1.15. The lowest BCUT2D eigenvalue weighted by atomic mass is 9.79. The predicted octanol–water partition coefficient (Wildman–Crippen LogP) is 4.17. The molecule has 1 nitrogen and oxygen atoms in total. The quantitative estimate of drug-likeness (QED) is 0.750. The number of benzene rings is 1. The van der Waals surface area contributed by atoms with E-state index in [0.717, 1.165) is 4.60 Å². The molecule has 0 bridgehead atoms. The lowest BCUT2D eigenvalue weighted by molar-refractivity contribution is 0.633. The molecular weight excluding hydrogens is 262 g/mol. The molecule has 1 aromatic carbocycles. The first kappa shape index (κ1) is 11.3. The third-order valence-electron chi connectivity index (χ3n) is 2.93. The Kier molecular flexibility index (Phi) is 3.10. The molecule has 0 radical (unpaired) electrons. The lowest BCUT2D eigenvalue weighted by Gasteiger charge is -2.26. The van der Waals surface area contributed by atoms with Crippen molar-refractivity contribution in [3.05, 3.63) is 64.4 Å². The maximum absolute atomic E-state index is 4.29. The van der Waals surface area contributed by atoms with Crippen LogP contribution in [-0.4, -0.2) is 4.98 Å². The summed E-state index contributed by atoms with van der Waals surface area (Å²) >= 11 is 3.52. The van der Waals surface area contributed by atoms with E-state index in [1.165, 1.54) is 11.1 Å². The average Bonchev–Trinajstić information content (AvgIpc) is 2.30. The molecular formula is C14H14BrN. The minimum absolute atomic E-state index is 0.0334. The fourth-order valence-electron chi connectivity index (χ4n) is 1.86. The Morgan fingerprint density at radius 2 is 1.69 bits per heavy atom. The van der Waals surface area contributed by atoms with Gasteiger partial charge in [0.2, 0.25) is 0 Å². The molecule has 0 aliphatic heterocycles. The molecule has 1 heterocycles. The van der Waals surface area contributed by atoms with Crippen LogP contribution in [0.25, 0.3) is 0 Å². The molecule has 82 valence electrons. The summed E-state index contributed by atoms with van der Waals surface area (Å²) in [6, 6.07) is 14.6. The number of aromatic nitrogens is 1. The molecule has 2 heteroatoms. The van der Waals surface area contributed by atoms with E-state index in [-0.39, 0.29) is 5.41 Å². The van der Waals surface area contributed by atoms with Gasteiger partial charge in [0.05, 0.1) is 0 Å². The first-order valence-corrected chi connectivity index (χ1v) is 6.08. The SMILES string of the molecule is CC(C)(c1ccccc1)c1cccnc1Br. The second-order valence-electron chi connectivity index (χ2n) is 4.33. The van der Waals surface area contributed by atoms with Gasteiger partial charge < -0.3 is 0 Å². The normalized spacial score (nSPS) is 11.4. The van der Waals surface area contributed by atoms with Crippen LogP contribution >= 0.6 is 15.9 Å². The van der Waals surface area contributed by atoms with Gasteiger partial charge in [-0.15, -0.1) is 0 Å². The van der Waals surface area contributed by atoms with Gasteiger partial charge in [-0.25, -0.2) is 4.98 Å². The summed E-state index contributed by atoms with van der Waals surface area (Å²) in [5, 5.41) is 0. The minimum Gasteiger partial charge on any atom is -0.249 e. The number of hydrogen-bond acceptors (Lipinski definition) is 1. The molecule has 0 fully saturated rings. The van der Waals surface area contributed by atoms with Crippen LogP contribution in [0.1, 0.15) is 25.0 Å². The van der Waals surface area contributed by atoms with E-state index in [9.17, 15) is 0 Å². The third kappa shape index (κ3) is 2.03. The highest BCUT2D eigenvalue weighted by atomic mass is 79.9. The number of hydrogen-bond donors (Lipinski definition) is 0. The first-order chi connectivity index (χ1) is 7.62. The van der Waals surface area contributed by atoms with Crippen molar-refractivity contribution in [2.45, 2.75) is 19.3 Å². The summed E-state index contributed by atoms with van der Waals surface area (Å²) in [4.78, 5) is 4.29. The largest absolute Gasteiger partial charge is 0.249 e. The second kappa shape index (κ2) is 4.38. The molecule has 16 heavy (non-hydrogen) atoms. The Morgan fingerprint density at radius 3 is 2.31 bits per heavy atom. The molecule has 0 saturated carbocycles. The van der Waals surface area contributed by atoms with Crippen LogP contribution in [0.4, 0.5) is 0 Å². The summed E-state index contributed by atoms with van der Waals surface area (Å²) in [7, 11) is 0. The number of nitrogens with zero attached hydrogens (tertiary/aromatic N) is 1. The number of pyridine rings is 1. The molecule has 0 unspecified atom stereocenters. The minimum atomic E-state index is -0.0334. The van der Waals surface area contributed by atoms with Crippen molar-refractivity contribution in [2.24, 2.45) is 0 Å². The zero-order chi connectivity index (χ0) is 11.6. The summed E-state index contributed by atoms with van der Waals surface area (Å²) in [6.07, 6.45) is 1.80. The maximum Gasteiger partial charge on any atom is 0.110 e. The van der Waals surface area contributed by atoms with Crippen molar-refractivity contribution in [1.82, 2.24) is 4.98 Å². The van der Waals surface area contributed by atoms with Crippen LogP contribution in [0, 0.1) is 0 Å². The fourth-order valence-corrected chi connectivity index (χ4v) is 2.61. The molecule has 0 amide bonds. The zero-order valence-electron chi connectivity index (χ0n) is 9.44. The molecule has 2 rings (SSSR count). The van der Waals surface area contributed by atoms with Gasteiger partial charge in [-0.3, -0.25) is 0 Å². The van der Waals surface area contributed by atoms with E-state index < -0.39 is 0 Å². The molecule has 0 saturated heterocycles. The molecule has 0 spiro atoms. The smallest absolute Gasteiger partial charge is 0.110 e. The molecule has 0 atom stereocenters. The molecule has 0 aliphatic carbocycles. The fraction of sp³-hybridized carbons (Fsp3) is 0.214. The van der Waals surface area contributed by atoms with Gasteiger partial charge in [0, 0.05) is 11.6 Å². The van der Waals surface area contributed by atoms with Crippen LogP contribution in [0.5, 0.6) is 0 Å². The molecule has 2 aromatic rings. The second-order valence-corrected chi connectivity index (χ2v) is 5.08. The first-order valence-electron chi connectivity index (χ1n) is 5.29. The topological polar surface area (TPSA) is 12.9 Å². The zero-order valence-corrected chi connectivity index (χ0v) is 11.0. The summed E-state index contributed by atoms with van der Waals surface area (Å²) in [5.41, 5.74) is 2.47. The van der Waals surface area contributed by atoms with E-state index >= 15 is 0 Å². The average molecular weight is 276 g/mol. The van der Waals surface area contributed by atoms with E-state index in [2.05, 4.69) is 65.1 Å². The van der Waals surface area contributed by atoms with Crippen molar-refractivity contribution in [1.29, 1.82) is 0 Å². The van der Waals surface area contributed by atoms with Crippen molar-refractivity contribution >= 4 is 15.9 Å². The van der Waals surface area contributed by atoms with Gasteiger partial charge in [-0.2, -0.15) is 0 Å². The summed E-state index contributed by atoms with van der Waals surface area (Å²) < 4.78 is 0.920. The van der Waals surface area contributed by atoms with Gasteiger partial charge >= 0.3 is 0 Å². The van der Waals surface area contributed by atoms with Gasteiger partial charge in [0.1, 0.15) is 4.60 Å². The van der Waals surface area contributed by atoms with Crippen molar-refractivity contribution < 1.29 is 0 Å². The highest BCUT2D eigenvalue weighted by Crippen LogP contribution is 2.34. The van der Waals surface area contributed by atoms with E-state index in [4.69, 9.17) is 0 Å². The van der Waals surface area contributed by atoms with Gasteiger partial charge in [0.15, 0.2) is 0 Å². The Bertz CT molecular complexity index is 477. The van der Waals surface area contributed by atoms with Gasteiger partial charge in [0.25, 0.3) is 0 Å². The predicted molar refractivity (Wildman–Crippen MR) is 70.5 cm³/mol. The van der Waals surface area contributed by atoms with Crippen molar-refractivity contribution in [3.8, 4) is 0 Å². The monoisotopic (exact) mass is 275 g/mol. The number of rotatable bonds is 2. The maximum atomic E-state index is 4.29. The van der Waals surface area contributed by atoms with Gasteiger partial charge in [-0.1, -0.05) is 50.2 Å². The van der Waals surface area contributed by atoms with E-state index in [0.29, 0.717) is 0 Å². The highest BCUT2D eigenvalue weighted by Gasteiger charge is 2.25. The third-order valence-corrected chi connectivity index (χ3v) is 3.56. The van der Waals surface area contributed by atoms with Crippen LogP contribution < -0.4 is 0 Å². The molecule has 0 N–H and O–H groups in total. The molecule has 1 aromatic heterocycles. The van der Waals surface area contributed by atoms with Crippen molar-refractivity contribution in [2.75, 3.05) is 0 Å². The van der Waals surface area contributed by atoms with Crippen LogP contribution in [0.15, 0.2) is 53.3 Å². The molecule has 0 aliphatic rings. The lowest BCUT2D eigenvalue weighted by Crippen LogP contribution is -2.19. The Morgan fingerprint density at radius 1 is 1.00 bits per heavy atom. The Labute approximate surface area is 105 Å². The van der Waals surface area contributed by atoms with Crippen LogP contribution in [-0.2, 0) is 5.41 Å². The van der Waals surface area contributed by atoms with Crippen LogP contribution in [0.2, 0.25) is 0 Å². The number of halogens is 1. The van der Waals surface area contributed by atoms with Crippen LogP contribution in [0.3, 0.4) is 0 Å². The van der Waals surface area contributed by atoms with Gasteiger partial charge in [-0.05, 0) is 33.1 Å². The van der Waals surface area contributed by atoms with E-state index in [1.54, 1.807) is 6.20 Å². The standard InChI is InChI=1S/C14H14BrN/c1-14(2,11-7-4-3-5-8-11)12-9-6-10-16-13(12)15/h3-10H,1-2H3. The highest BCUT2D eigenvalue weighted by molar-refractivity contribution is 9.10. The summed E-state index contributed by atoms with van der Waals surface area (Å²) in [5.74, 6) is 0. The van der Waals surface area contributed by atoms with Crippen molar-refractivity contribution in [3.63, 3.8) is 0 Å². The Balaban J connectivity index is 2.51. The summed E-state index contributed by atoms with van der Waals surface area (Å²) in [6.45, 7) is 4.42. The van der Waals surface area contributed by atoms with E-state index in [1.807, 2.05) is 12.1 Å².